The molecule has 3 rings (SSSR count). The predicted molar refractivity (Wildman–Crippen MR) is 121 cm³/mol. The maximum Gasteiger partial charge on any atom is 0.502 e. The van der Waals surface area contributed by atoms with E-state index in [2.05, 4.69) is 5.10 Å². The number of nitriles is 1. The number of aromatic nitrogens is 2. The van der Waals surface area contributed by atoms with E-state index in [9.17, 15) is 44.8 Å². The first-order chi connectivity index (χ1) is 17.7. The van der Waals surface area contributed by atoms with E-state index in [0.29, 0.717) is 12.1 Å². The molecule has 2 aromatic rings. The first-order valence-corrected chi connectivity index (χ1v) is 12.6. The molecular formula is C20H16Cl2F6N4O6S. The summed E-state index contributed by atoms with van der Waals surface area (Å²) in [6.07, 6.45) is -7.19. The van der Waals surface area contributed by atoms with Gasteiger partial charge in [-0.05, 0) is 26.0 Å². The topological polar surface area (TPSA) is 124 Å². The van der Waals surface area contributed by atoms with E-state index in [1.165, 1.54) is 6.07 Å². The average molecular weight is 625 g/mol. The van der Waals surface area contributed by atoms with Gasteiger partial charge in [-0.25, -0.2) is 17.9 Å². The highest BCUT2D eigenvalue weighted by atomic mass is 35.5. The fraction of sp³-hybridized carbons (Fsp3) is 0.450. The molecule has 0 N–H and O–H groups in total. The van der Waals surface area contributed by atoms with Gasteiger partial charge >= 0.3 is 17.8 Å². The van der Waals surface area contributed by atoms with Crippen molar-refractivity contribution < 1.29 is 53.8 Å². The summed E-state index contributed by atoms with van der Waals surface area (Å²) in [7, 11) is -5.61. The number of amides is 1. The smallest absolute Gasteiger partial charge is 0.446 e. The molecule has 0 radical (unpaired) electrons. The van der Waals surface area contributed by atoms with Crippen LogP contribution >= 0.6 is 23.2 Å². The quantitative estimate of drug-likeness (QED) is 0.422. The van der Waals surface area contributed by atoms with Crippen molar-refractivity contribution in [3.8, 4) is 11.8 Å². The maximum absolute atomic E-state index is 13.6. The number of carbonyl (C=O) groups is 1. The number of sulfone groups is 1. The number of ether oxygens (including phenoxy) is 3. The van der Waals surface area contributed by atoms with Gasteiger partial charge in [-0.15, -0.1) is 0 Å². The fourth-order valence-corrected chi connectivity index (χ4v) is 5.09. The van der Waals surface area contributed by atoms with Crippen LogP contribution in [-0.4, -0.2) is 62.0 Å². The highest BCUT2D eigenvalue weighted by Crippen LogP contribution is 2.43. The molecule has 10 nitrogen and oxygen atoms in total. The molecule has 1 unspecified atom stereocenters. The first kappa shape index (κ1) is 30.8. The Morgan fingerprint density at radius 2 is 1.82 bits per heavy atom. The van der Waals surface area contributed by atoms with Gasteiger partial charge in [-0.1, -0.05) is 23.2 Å². The molecule has 214 valence electrons. The summed E-state index contributed by atoms with van der Waals surface area (Å²) in [4.78, 5) is 11.3. The van der Waals surface area contributed by atoms with E-state index in [4.69, 9.17) is 37.4 Å². The molecule has 1 atom stereocenters. The summed E-state index contributed by atoms with van der Waals surface area (Å²) in [6, 6.07) is 1.85. The van der Waals surface area contributed by atoms with E-state index in [1.54, 1.807) is 13.8 Å². The van der Waals surface area contributed by atoms with Crippen molar-refractivity contribution in [2.75, 3.05) is 25.2 Å². The molecule has 1 fully saturated rings. The van der Waals surface area contributed by atoms with Crippen molar-refractivity contribution in [1.82, 2.24) is 9.78 Å². The zero-order valence-electron chi connectivity index (χ0n) is 19.8. The number of halogens is 8. The van der Waals surface area contributed by atoms with Crippen molar-refractivity contribution in [2.45, 2.75) is 42.3 Å². The summed E-state index contributed by atoms with van der Waals surface area (Å²) >= 11 is 11.9. The van der Waals surface area contributed by atoms with Crippen LogP contribution in [0.3, 0.4) is 0 Å². The van der Waals surface area contributed by atoms with Crippen LogP contribution in [-0.2, 0) is 30.2 Å². The van der Waals surface area contributed by atoms with Gasteiger partial charge in [0.25, 0.3) is 9.84 Å². The molecule has 1 saturated heterocycles. The van der Waals surface area contributed by atoms with Crippen LogP contribution in [0.5, 0.6) is 0 Å². The highest BCUT2D eigenvalue weighted by Gasteiger charge is 2.52. The molecule has 1 amide bonds. The third-order valence-corrected chi connectivity index (χ3v) is 7.20. The van der Waals surface area contributed by atoms with Gasteiger partial charge in [-0.2, -0.15) is 36.7 Å². The second-order valence-electron chi connectivity index (χ2n) is 8.35. The number of rotatable bonds is 5. The zero-order chi connectivity index (χ0) is 29.7. The molecule has 1 aliphatic rings. The Morgan fingerprint density at radius 1 is 1.26 bits per heavy atom. The molecule has 1 aromatic carbocycles. The molecule has 0 spiro atoms. The van der Waals surface area contributed by atoms with Crippen molar-refractivity contribution in [3.05, 3.63) is 33.4 Å². The molecule has 1 aromatic heterocycles. The van der Waals surface area contributed by atoms with Crippen LogP contribution in [0.25, 0.3) is 5.69 Å². The van der Waals surface area contributed by atoms with Crippen molar-refractivity contribution in [1.29, 1.82) is 5.26 Å². The zero-order valence-corrected chi connectivity index (χ0v) is 22.1. The van der Waals surface area contributed by atoms with Crippen LogP contribution in [0.1, 0.15) is 25.1 Å². The number of hydrogen-bond acceptors (Lipinski definition) is 8. The number of alkyl halides is 6. The lowest BCUT2D eigenvalue weighted by Gasteiger charge is -2.22. The lowest BCUT2D eigenvalue weighted by atomic mass is 10.2. The Balaban J connectivity index is 2.21. The summed E-state index contributed by atoms with van der Waals surface area (Å²) in [6.45, 7) is 2.61. The molecule has 0 saturated carbocycles. The van der Waals surface area contributed by atoms with E-state index >= 15 is 0 Å². The Morgan fingerprint density at radius 3 is 2.26 bits per heavy atom. The van der Waals surface area contributed by atoms with E-state index < -0.39 is 83.8 Å². The lowest BCUT2D eigenvalue weighted by Crippen LogP contribution is -2.34. The number of carbonyl (C=O) groups excluding carboxylic acids is 1. The molecule has 39 heavy (non-hydrogen) atoms. The standard InChI is InChI=1S/C20H16Cl2F6N4O6S/c1-18(2)37-8-10(38-18)7-36-17(33)31(3)16-15(39(34,35)20(26,27)28)13(6-29)30-32(16)14-11(21)4-9(5-12(14)22)19(23,24)25/h4-5,10H,7-8H2,1-3H3. The van der Waals surface area contributed by atoms with Gasteiger partial charge in [0.05, 0.1) is 22.2 Å². The molecule has 0 aliphatic carbocycles. The highest BCUT2D eigenvalue weighted by molar-refractivity contribution is 7.92. The van der Waals surface area contributed by atoms with Crippen LogP contribution < -0.4 is 4.90 Å². The SMILES string of the molecule is CN(C(=O)OCC1COC(C)(C)O1)c1c(S(=O)(=O)C(F)(F)F)c(C#N)nn1-c1c(Cl)cc(C(F)(F)F)cc1Cl. The van der Waals surface area contributed by atoms with E-state index in [-0.39, 0.29) is 16.2 Å². The molecule has 19 heteroatoms. The normalized spacial score (nSPS) is 17.6. The summed E-state index contributed by atoms with van der Waals surface area (Å²) in [5.74, 6) is -2.26. The third-order valence-electron chi connectivity index (χ3n) is 5.11. The summed E-state index contributed by atoms with van der Waals surface area (Å²) in [5.41, 5.74) is -9.45. The molecule has 0 bridgehead atoms. The van der Waals surface area contributed by atoms with Crippen LogP contribution in [0, 0.1) is 11.3 Å². The number of nitrogens with zero attached hydrogens (tertiary/aromatic N) is 4. The van der Waals surface area contributed by atoms with Gasteiger partial charge < -0.3 is 14.2 Å². The summed E-state index contributed by atoms with van der Waals surface area (Å²) in [5, 5.41) is 11.2. The Kier molecular flexibility index (Phi) is 8.14. The number of anilines is 1. The lowest BCUT2D eigenvalue weighted by molar-refractivity contribution is -0.142. The van der Waals surface area contributed by atoms with Gasteiger partial charge in [-0.3, -0.25) is 4.90 Å². The van der Waals surface area contributed by atoms with Gasteiger partial charge in [0.2, 0.25) is 0 Å². The minimum atomic E-state index is -6.38. The van der Waals surface area contributed by atoms with Gasteiger partial charge in [0.1, 0.15) is 24.5 Å². The Labute approximate surface area is 226 Å². The van der Waals surface area contributed by atoms with Crippen LogP contribution in [0.4, 0.5) is 37.0 Å². The third kappa shape index (κ3) is 6.04. The molecule has 2 heterocycles. The fourth-order valence-electron chi connectivity index (χ4n) is 3.41. The minimum Gasteiger partial charge on any atom is -0.446 e. The average Bonchev–Trinajstić information content (AvgIpc) is 3.34. The Hall–Kier alpha value is -2.78. The second-order valence-corrected chi connectivity index (χ2v) is 11.0. The minimum absolute atomic E-state index is 0.0228. The summed E-state index contributed by atoms with van der Waals surface area (Å²) < 4.78 is 121. The number of benzene rings is 1. The second kappa shape index (κ2) is 10.3. The van der Waals surface area contributed by atoms with Crippen molar-refractivity contribution in [3.63, 3.8) is 0 Å². The van der Waals surface area contributed by atoms with E-state index in [0.717, 1.165) is 7.05 Å². The van der Waals surface area contributed by atoms with Crippen LogP contribution in [0.15, 0.2) is 17.0 Å². The van der Waals surface area contributed by atoms with Crippen LogP contribution in [0.2, 0.25) is 10.0 Å². The number of hydrogen-bond donors (Lipinski definition) is 0. The Bertz CT molecular complexity index is 1430. The van der Waals surface area contributed by atoms with Crippen molar-refractivity contribution in [2.24, 2.45) is 0 Å². The largest absolute Gasteiger partial charge is 0.502 e. The van der Waals surface area contributed by atoms with Crippen molar-refractivity contribution >= 4 is 45.0 Å². The maximum atomic E-state index is 13.6. The van der Waals surface area contributed by atoms with Gasteiger partial charge in [0, 0.05) is 7.05 Å². The first-order valence-electron chi connectivity index (χ1n) is 10.3. The predicted octanol–water partition coefficient (Wildman–Crippen LogP) is 5.09. The monoisotopic (exact) mass is 624 g/mol. The molecular weight excluding hydrogens is 609 g/mol. The molecule has 1 aliphatic heterocycles. The van der Waals surface area contributed by atoms with Gasteiger partial charge in [0.15, 0.2) is 22.2 Å². The van der Waals surface area contributed by atoms with E-state index in [1.807, 2.05) is 0 Å².